The molecule has 0 unspecified atom stereocenters. The number of methoxy groups -OCH3 is 1. The number of ether oxygens (including phenoxy) is 1. The predicted molar refractivity (Wildman–Crippen MR) is 76.6 cm³/mol. The van der Waals surface area contributed by atoms with Crippen molar-refractivity contribution < 1.29 is 22.2 Å². The summed E-state index contributed by atoms with van der Waals surface area (Å²) < 4.78 is 33.4. The van der Waals surface area contributed by atoms with E-state index in [9.17, 15) is 13.2 Å². The van der Waals surface area contributed by atoms with E-state index in [1.54, 1.807) is 6.92 Å². The Morgan fingerprint density at radius 2 is 1.76 bits per heavy atom. The molecule has 1 aromatic carbocycles. The first-order valence-electron chi connectivity index (χ1n) is 5.99. The van der Waals surface area contributed by atoms with Gasteiger partial charge in [0.15, 0.2) is 5.78 Å². The number of allylic oxidation sites excluding steroid dienone is 4. The van der Waals surface area contributed by atoms with Gasteiger partial charge in [-0.1, -0.05) is 5.16 Å². The average Bonchev–Trinajstić information content (AvgIpc) is 2.48. The van der Waals surface area contributed by atoms with Crippen LogP contribution in [0.5, 0.6) is 5.75 Å². The second kappa shape index (κ2) is 5.92. The molecule has 6 nitrogen and oxygen atoms in total. The van der Waals surface area contributed by atoms with E-state index in [0.717, 1.165) is 0 Å². The Morgan fingerprint density at radius 3 is 2.33 bits per heavy atom. The minimum Gasteiger partial charge on any atom is -0.497 e. The summed E-state index contributed by atoms with van der Waals surface area (Å²) >= 11 is 0. The number of carbonyl (C=O) groups is 1. The van der Waals surface area contributed by atoms with Crippen LogP contribution < -0.4 is 4.74 Å². The molecule has 0 bridgehead atoms. The van der Waals surface area contributed by atoms with Crippen molar-refractivity contribution in [3.63, 3.8) is 0 Å². The molecular weight excluding hydrogens is 294 g/mol. The quantitative estimate of drug-likeness (QED) is 0.626. The van der Waals surface area contributed by atoms with Gasteiger partial charge in [-0.3, -0.25) is 9.08 Å². The zero-order valence-corrected chi connectivity index (χ0v) is 12.3. The Bertz CT molecular complexity index is 742. The van der Waals surface area contributed by atoms with Gasteiger partial charge in [0, 0.05) is 0 Å². The Balaban J connectivity index is 2.18. The average molecular weight is 307 g/mol. The molecular formula is C14H13NO5S. The third-order valence-corrected chi connectivity index (χ3v) is 3.87. The molecule has 0 aromatic heterocycles. The Kier molecular flexibility index (Phi) is 4.23. The summed E-state index contributed by atoms with van der Waals surface area (Å²) in [6, 6.07) is 5.73. The third kappa shape index (κ3) is 3.57. The van der Waals surface area contributed by atoms with Gasteiger partial charge in [0.05, 0.1) is 7.11 Å². The van der Waals surface area contributed by atoms with Crippen LogP contribution in [0.15, 0.2) is 58.1 Å². The lowest BCUT2D eigenvalue weighted by Crippen LogP contribution is -2.08. The van der Waals surface area contributed by atoms with E-state index < -0.39 is 10.1 Å². The van der Waals surface area contributed by atoms with E-state index in [2.05, 4.69) is 9.44 Å². The molecule has 0 amide bonds. The maximum absolute atomic E-state index is 11.9. The van der Waals surface area contributed by atoms with Crippen LogP contribution in [0, 0.1) is 0 Å². The molecule has 0 atom stereocenters. The van der Waals surface area contributed by atoms with Crippen LogP contribution in [0.1, 0.15) is 6.92 Å². The van der Waals surface area contributed by atoms with E-state index >= 15 is 0 Å². The van der Waals surface area contributed by atoms with E-state index in [-0.39, 0.29) is 16.4 Å². The SMILES string of the molecule is COc1ccc(S(=O)(=O)O/N=C2\C=CC(=O)C(C)=C2)cc1. The van der Waals surface area contributed by atoms with Crippen LogP contribution in [0.25, 0.3) is 0 Å². The van der Waals surface area contributed by atoms with Crippen molar-refractivity contribution in [1.29, 1.82) is 0 Å². The fourth-order valence-corrected chi connectivity index (χ4v) is 2.31. The van der Waals surface area contributed by atoms with Crippen LogP contribution >= 0.6 is 0 Å². The van der Waals surface area contributed by atoms with Crippen molar-refractivity contribution in [1.82, 2.24) is 0 Å². The van der Waals surface area contributed by atoms with Crippen LogP contribution in [0.2, 0.25) is 0 Å². The molecule has 0 fully saturated rings. The highest BCUT2D eigenvalue weighted by Crippen LogP contribution is 2.18. The van der Waals surface area contributed by atoms with Gasteiger partial charge in [0.25, 0.3) is 0 Å². The van der Waals surface area contributed by atoms with Crippen molar-refractivity contribution in [3.8, 4) is 5.75 Å². The molecule has 0 N–H and O–H groups in total. The van der Waals surface area contributed by atoms with Gasteiger partial charge in [-0.2, -0.15) is 8.42 Å². The summed E-state index contributed by atoms with van der Waals surface area (Å²) in [5.41, 5.74) is 0.714. The fraction of sp³-hybridized carbons (Fsp3) is 0.143. The van der Waals surface area contributed by atoms with Gasteiger partial charge in [-0.15, -0.1) is 0 Å². The summed E-state index contributed by atoms with van der Waals surface area (Å²) in [5, 5.41) is 3.54. The minimum atomic E-state index is -4.01. The fourth-order valence-electron chi connectivity index (χ4n) is 1.57. The summed E-state index contributed by atoms with van der Waals surface area (Å²) in [5.74, 6) is 0.388. The second-order valence-corrected chi connectivity index (χ2v) is 5.77. The van der Waals surface area contributed by atoms with Crippen molar-refractivity contribution in [3.05, 3.63) is 48.1 Å². The monoisotopic (exact) mass is 307 g/mol. The van der Waals surface area contributed by atoms with Gasteiger partial charge in [0.1, 0.15) is 16.4 Å². The van der Waals surface area contributed by atoms with Crippen molar-refractivity contribution >= 4 is 21.6 Å². The molecule has 21 heavy (non-hydrogen) atoms. The number of ketones is 1. The molecule has 110 valence electrons. The first-order valence-corrected chi connectivity index (χ1v) is 7.39. The lowest BCUT2D eigenvalue weighted by atomic mass is 10.1. The van der Waals surface area contributed by atoms with Crippen molar-refractivity contribution in [2.24, 2.45) is 5.16 Å². The molecule has 1 aliphatic rings. The van der Waals surface area contributed by atoms with E-state index in [1.165, 1.54) is 49.6 Å². The van der Waals surface area contributed by atoms with E-state index in [4.69, 9.17) is 4.74 Å². The maximum atomic E-state index is 11.9. The molecule has 0 saturated heterocycles. The van der Waals surface area contributed by atoms with Crippen molar-refractivity contribution in [2.45, 2.75) is 11.8 Å². The maximum Gasteiger partial charge on any atom is 0.358 e. The summed E-state index contributed by atoms with van der Waals surface area (Å²) in [6.45, 7) is 1.61. The number of nitrogens with zero attached hydrogens (tertiary/aromatic N) is 1. The number of carbonyl (C=O) groups excluding carboxylic acids is 1. The molecule has 0 radical (unpaired) electrons. The Morgan fingerprint density at radius 1 is 1.10 bits per heavy atom. The van der Waals surface area contributed by atoms with Crippen molar-refractivity contribution in [2.75, 3.05) is 7.11 Å². The highest BCUT2D eigenvalue weighted by Gasteiger charge is 2.16. The Hall–Kier alpha value is -2.41. The molecule has 0 aliphatic heterocycles. The zero-order chi connectivity index (χ0) is 15.5. The highest BCUT2D eigenvalue weighted by molar-refractivity contribution is 7.86. The first-order chi connectivity index (χ1) is 9.92. The standard InChI is InChI=1S/C14H13NO5S/c1-10-9-11(3-8-14(10)16)15-20-21(17,18)13-6-4-12(19-2)5-7-13/h3-9H,1-2H3/b15-11+. The highest BCUT2D eigenvalue weighted by atomic mass is 32.2. The Labute approximate surface area is 122 Å². The van der Waals surface area contributed by atoms with Gasteiger partial charge >= 0.3 is 10.1 Å². The molecule has 2 rings (SSSR count). The lowest BCUT2D eigenvalue weighted by molar-refractivity contribution is -0.111. The molecule has 7 heteroatoms. The number of benzene rings is 1. The molecule has 0 spiro atoms. The van der Waals surface area contributed by atoms with Crippen LogP contribution in [0.3, 0.4) is 0 Å². The lowest BCUT2D eigenvalue weighted by Gasteiger charge is -2.05. The van der Waals surface area contributed by atoms with E-state index in [0.29, 0.717) is 11.3 Å². The normalized spacial score (nSPS) is 16.8. The topological polar surface area (TPSA) is 82.0 Å². The number of oxime groups is 1. The smallest absolute Gasteiger partial charge is 0.358 e. The number of rotatable bonds is 4. The first kappa shape index (κ1) is 15.0. The predicted octanol–water partition coefficient (Wildman–Crippen LogP) is 1.84. The molecule has 1 aromatic rings. The van der Waals surface area contributed by atoms with Crippen LogP contribution in [-0.2, 0) is 19.2 Å². The summed E-state index contributed by atoms with van der Waals surface area (Å²) in [7, 11) is -2.52. The number of hydrogen-bond acceptors (Lipinski definition) is 6. The van der Waals surface area contributed by atoms with Crippen LogP contribution in [-0.4, -0.2) is 27.0 Å². The minimum absolute atomic E-state index is 0.0378. The van der Waals surface area contributed by atoms with Crippen LogP contribution in [0.4, 0.5) is 0 Å². The zero-order valence-electron chi connectivity index (χ0n) is 11.4. The van der Waals surface area contributed by atoms with E-state index in [1.807, 2.05) is 0 Å². The molecule has 0 saturated carbocycles. The molecule has 1 aliphatic carbocycles. The molecule has 0 heterocycles. The van der Waals surface area contributed by atoms with Gasteiger partial charge < -0.3 is 4.74 Å². The van der Waals surface area contributed by atoms with Gasteiger partial charge in [-0.05, 0) is 55.0 Å². The third-order valence-electron chi connectivity index (χ3n) is 2.75. The summed E-state index contributed by atoms with van der Waals surface area (Å²) in [6.07, 6.45) is 4.14. The van der Waals surface area contributed by atoms with Gasteiger partial charge in [0.2, 0.25) is 0 Å². The van der Waals surface area contributed by atoms with Gasteiger partial charge in [-0.25, -0.2) is 0 Å². The largest absolute Gasteiger partial charge is 0.497 e. The second-order valence-electron chi connectivity index (χ2n) is 4.25. The number of hydrogen-bond donors (Lipinski definition) is 0. The summed E-state index contributed by atoms with van der Waals surface area (Å²) in [4.78, 5) is 11.2.